The van der Waals surface area contributed by atoms with E-state index in [0.29, 0.717) is 28.6 Å². The fraction of sp³-hybridized carbons (Fsp3) is 0.259. The summed E-state index contributed by atoms with van der Waals surface area (Å²) in [4.78, 5) is 19.8. The molecule has 0 unspecified atom stereocenters. The third-order valence-corrected chi connectivity index (χ3v) is 6.25. The van der Waals surface area contributed by atoms with Crippen LogP contribution in [0, 0.1) is 0 Å². The van der Waals surface area contributed by atoms with Crippen molar-refractivity contribution in [2.24, 2.45) is 4.99 Å². The smallest absolute Gasteiger partial charge is 0.325 e. The SMILES string of the molecule is CCOC(=O)CN1C(c2ccc(OC)c(OC)c2OC)=Nc2ccc(Br)cc2[C@@H]1c1ccccc1. The van der Waals surface area contributed by atoms with Gasteiger partial charge in [0.1, 0.15) is 12.4 Å². The molecule has 8 heteroatoms. The summed E-state index contributed by atoms with van der Waals surface area (Å²) in [7, 11) is 4.70. The van der Waals surface area contributed by atoms with Gasteiger partial charge < -0.3 is 23.8 Å². The van der Waals surface area contributed by atoms with Crippen LogP contribution in [0.2, 0.25) is 0 Å². The zero-order chi connectivity index (χ0) is 24.9. The number of methoxy groups -OCH3 is 3. The first-order valence-corrected chi connectivity index (χ1v) is 12.0. The Morgan fingerprint density at radius 2 is 1.71 bits per heavy atom. The number of hydrogen-bond acceptors (Lipinski definition) is 7. The van der Waals surface area contributed by atoms with Gasteiger partial charge >= 0.3 is 5.97 Å². The van der Waals surface area contributed by atoms with Crippen molar-refractivity contribution < 1.29 is 23.7 Å². The molecule has 0 N–H and O–H groups in total. The standard InChI is InChI=1S/C27H27BrN2O5/c1-5-35-23(31)16-30-24(17-9-7-6-8-10-17)20-15-18(28)11-13-21(20)29-27(30)19-12-14-22(32-2)26(34-4)25(19)33-3/h6-15,24H,5,16H2,1-4H3/t24-/m0/s1. The molecule has 7 nitrogen and oxygen atoms in total. The number of rotatable bonds is 8. The molecule has 3 aromatic carbocycles. The van der Waals surface area contributed by atoms with Gasteiger partial charge in [0.2, 0.25) is 5.75 Å². The molecule has 35 heavy (non-hydrogen) atoms. The number of ether oxygens (including phenoxy) is 4. The quantitative estimate of drug-likeness (QED) is 0.351. The maximum absolute atomic E-state index is 12.8. The van der Waals surface area contributed by atoms with Crippen molar-refractivity contribution >= 4 is 33.4 Å². The molecule has 0 aromatic heterocycles. The minimum atomic E-state index is -0.348. The van der Waals surface area contributed by atoms with E-state index in [-0.39, 0.29) is 25.2 Å². The van der Waals surface area contributed by atoms with Gasteiger partial charge in [0, 0.05) is 10.0 Å². The second-order valence-electron chi connectivity index (χ2n) is 7.77. The van der Waals surface area contributed by atoms with E-state index in [4.69, 9.17) is 23.9 Å². The van der Waals surface area contributed by atoms with E-state index in [1.165, 1.54) is 0 Å². The van der Waals surface area contributed by atoms with Crippen LogP contribution in [0.4, 0.5) is 5.69 Å². The maximum atomic E-state index is 12.8. The Bertz CT molecular complexity index is 1250. The first-order valence-electron chi connectivity index (χ1n) is 11.2. The van der Waals surface area contributed by atoms with Crippen molar-refractivity contribution in [3.63, 3.8) is 0 Å². The van der Waals surface area contributed by atoms with Gasteiger partial charge in [-0.1, -0.05) is 46.3 Å². The summed E-state index contributed by atoms with van der Waals surface area (Å²) in [5.74, 6) is 1.67. The molecule has 0 bridgehead atoms. The molecule has 0 fully saturated rings. The normalized spacial score (nSPS) is 14.6. The molecular formula is C27H27BrN2O5. The Morgan fingerprint density at radius 1 is 0.971 bits per heavy atom. The second kappa shape index (κ2) is 10.8. The molecule has 4 rings (SSSR count). The van der Waals surface area contributed by atoms with Crippen molar-refractivity contribution in [3.8, 4) is 17.2 Å². The van der Waals surface area contributed by atoms with Crippen LogP contribution in [-0.2, 0) is 9.53 Å². The van der Waals surface area contributed by atoms with Gasteiger partial charge in [0.15, 0.2) is 11.5 Å². The van der Waals surface area contributed by atoms with Crippen LogP contribution >= 0.6 is 15.9 Å². The van der Waals surface area contributed by atoms with Crippen molar-refractivity contribution in [1.82, 2.24) is 4.90 Å². The number of hydrogen-bond donors (Lipinski definition) is 0. The molecule has 3 aromatic rings. The van der Waals surface area contributed by atoms with Crippen LogP contribution in [0.1, 0.15) is 29.7 Å². The summed E-state index contributed by atoms with van der Waals surface area (Å²) in [5.41, 5.74) is 3.46. The first-order chi connectivity index (χ1) is 17.0. The zero-order valence-electron chi connectivity index (χ0n) is 20.1. The average Bonchev–Trinajstić information content (AvgIpc) is 2.88. The van der Waals surface area contributed by atoms with E-state index in [1.807, 2.05) is 59.5 Å². The minimum absolute atomic E-state index is 0.00428. The number of carbonyl (C=O) groups excluding carboxylic acids is 1. The molecule has 0 saturated carbocycles. The van der Waals surface area contributed by atoms with Crippen molar-refractivity contribution in [1.29, 1.82) is 0 Å². The van der Waals surface area contributed by atoms with Crippen LogP contribution in [0.5, 0.6) is 17.2 Å². The highest BCUT2D eigenvalue weighted by molar-refractivity contribution is 9.10. The Balaban J connectivity index is 1.99. The third kappa shape index (κ3) is 4.84. The first kappa shape index (κ1) is 24.6. The Morgan fingerprint density at radius 3 is 2.37 bits per heavy atom. The van der Waals surface area contributed by atoms with Gasteiger partial charge in [-0.15, -0.1) is 0 Å². The van der Waals surface area contributed by atoms with E-state index >= 15 is 0 Å². The van der Waals surface area contributed by atoms with Gasteiger partial charge in [-0.25, -0.2) is 4.99 Å². The van der Waals surface area contributed by atoms with Gasteiger partial charge in [-0.2, -0.15) is 0 Å². The molecule has 0 radical (unpaired) electrons. The molecule has 1 aliphatic heterocycles. The summed E-state index contributed by atoms with van der Waals surface area (Å²) in [6, 6.07) is 19.4. The van der Waals surface area contributed by atoms with Crippen molar-refractivity contribution in [3.05, 3.63) is 81.8 Å². The van der Waals surface area contributed by atoms with E-state index in [1.54, 1.807) is 34.3 Å². The Labute approximate surface area is 213 Å². The molecule has 1 aliphatic rings. The van der Waals surface area contributed by atoms with E-state index < -0.39 is 0 Å². The summed E-state index contributed by atoms with van der Waals surface area (Å²) in [6.45, 7) is 2.08. The minimum Gasteiger partial charge on any atom is -0.493 e. The van der Waals surface area contributed by atoms with Crippen LogP contribution in [0.15, 0.2) is 70.1 Å². The number of esters is 1. The van der Waals surface area contributed by atoms with Crippen molar-refractivity contribution in [2.75, 3.05) is 34.5 Å². The lowest BCUT2D eigenvalue weighted by molar-refractivity contribution is -0.143. The van der Waals surface area contributed by atoms with Gasteiger partial charge in [0.25, 0.3) is 0 Å². The van der Waals surface area contributed by atoms with Gasteiger partial charge in [-0.3, -0.25) is 4.79 Å². The van der Waals surface area contributed by atoms with Crippen LogP contribution in [-0.4, -0.2) is 51.2 Å². The highest BCUT2D eigenvalue weighted by Crippen LogP contribution is 2.45. The predicted molar refractivity (Wildman–Crippen MR) is 138 cm³/mol. The van der Waals surface area contributed by atoms with Crippen molar-refractivity contribution in [2.45, 2.75) is 13.0 Å². The number of amidine groups is 1. The fourth-order valence-corrected chi connectivity index (χ4v) is 4.69. The van der Waals surface area contributed by atoms with Gasteiger partial charge in [-0.05, 0) is 42.8 Å². The highest BCUT2D eigenvalue weighted by Gasteiger charge is 2.36. The van der Waals surface area contributed by atoms with E-state index in [2.05, 4.69) is 15.9 Å². The molecule has 0 amide bonds. The molecule has 0 aliphatic carbocycles. The average molecular weight is 539 g/mol. The highest BCUT2D eigenvalue weighted by atomic mass is 79.9. The Hall–Kier alpha value is -3.52. The second-order valence-corrected chi connectivity index (χ2v) is 8.68. The van der Waals surface area contributed by atoms with E-state index in [9.17, 15) is 4.79 Å². The molecule has 1 heterocycles. The molecule has 0 saturated heterocycles. The molecule has 0 spiro atoms. The Kier molecular flexibility index (Phi) is 7.60. The van der Waals surface area contributed by atoms with Gasteiger partial charge in [0.05, 0.1) is 45.2 Å². The molecular weight excluding hydrogens is 512 g/mol. The zero-order valence-corrected chi connectivity index (χ0v) is 21.7. The number of halogens is 1. The number of benzene rings is 3. The summed E-state index contributed by atoms with van der Waals surface area (Å²) in [6.07, 6.45) is 0. The summed E-state index contributed by atoms with van der Waals surface area (Å²) < 4.78 is 23.1. The van der Waals surface area contributed by atoms with Crippen LogP contribution in [0.25, 0.3) is 0 Å². The molecule has 1 atom stereocenters. The fourth-order valence-electron chi connectivity index (χ4n) is 4.31. The number of carbonyl (C=O) groups is 1. The predicted octanol–water partition coefficient (Wildman–Crippen LogP) is 5.52. The van der Waals surface area contributed by atoms with Crippen LogP contribution < -0.4 is 14.2 Å². The lowest BCUT2D eigenvalue weighted by atomic mass is 9.92. The largest absolute Gasteiger partial charge is 0.493 e. The summed E-state index contributed by atoms with van der Waals surface area (Å²) >= 11 is 3.59. The number of aliphatic imine (C=N–C) groups is 1. The lowest BCUT2D eigenvalue weighted by Crippen LogP contribution is -2.42. The number of nitrogens with zero attached hydrogens (tertiary/aromatic N) is 2. The summed E-state index contributed by atoms with van der Waals surface area (Å²) in [5, 5.41) is 0. The molecule has 182 valence electrons. The monoisotopic (exact) mass is 538 g/mol. The number of fused-ring (bicyclic) bond motifs is 1. The lowest BCUT2D eigenvalue weighted by Gasteiger charge is -2.38. The van der Waals surface area contributed by atoms with Crippen LogP contribution in [0.3, 0.4) is 0 Å². The topological polar surface area (TPSA) is 69.6 Å². The van der Waals surface area contributed by atoms with E-state index in [0.717, 1.165) is 21.3 Å². The third-order valence-electron chi connectivity index (χ3n) is 5.76. The maximum Gasteiger partial charge on any atom is 0.325 e.